The number of ether oxygens (including phenoxy) is 1. The first-order valence-corrected chi connectivity index (χ1v) is 11.0. The molecule has 0 atom stereocenters. The van der Waals surface area contributed by atoms with Gasteiger partial charge in [0.2, 0.25) is 0 Å². The van der Waals surface area contributed by atoms with Crippen LogP contribution < -0.4 is 19.3 Å². The van der Waals surface area contributed by atoms with Crippen LogP contribution in [0.15, 0.2) is 35.2 Å². The van der Waals surface area contributed by atoms with Crippen LogP contribution in [-0.2, 0) is 10.0 Å². The molecule has 2 heterocycles. The summed E-state index contributed by atoms with van der Waals surface area (Å²) in [7, 11) is -4.02. The number of nitrogens with one attached hydrogen (secondary N) is 1. The fourth-order valence-electron chi connectivity index (χ4n) is 3.44. The van der Waals surface area contributed by atoms with Crippen LogP contribution >= 0.6 is 23.2 Å². The van der Waals surface area contributed by atoms with Crippen LogP contribution in [-0.4, -0.2) is 47.7 Å². The van der Waals surface area contributed by atoms with Crippen molar-refractivity contribution in [2.75, 3.05) is 48.5 Å². The highest BCUT2D eigenvalue weighted by Gasteiger charge is 2.34. The van der Waals surface area contributed by atoms with Gasteiger partial charge in [-0.2, -0.15) is 0 Å². The van der Waals surface area contributed by atoms with E-state index in [1.54, 1.807) is 12.1 Å². The van der Waals surface area contributed by atoms with Gasteiger partial charge in [-0.1, -0.05) is 23.2 Å². The Hall–Kier alpha value is -1.74. The van der Waals surface area contributed by atoms with E-state index < -0.39 is 15.8 Å². The fourth-order valence-corrected chi connectivity index (χ4v) is 5.60. The minimum atomic E-state index is -4.02. The van der Waals surface area contributed by atoms with E-state index in [-0.39, 0.29) is 23.1 Å². The second-order valence-corrected chi connectivity index (χ2v) is 9.18. The minimum Gasteiger partial charge on any atom is -0.487 e. The molecule has 2 aromatic rings. The van der Waals surface area contributed by atoms with Gasteiger partial charge in [0.05, 0.1) is 22.9 Å². The summed E-state index contributed by atoms with van der Waals surface area (Å²) in [4.78, 5) is 1.95. The summed E-state index contributed by atoms with van der Waals surface area (Å²) in [5.41, 5.74) is 1.11. The first-order valence-electron chi connectivity index (χ1n) is 8.78. The summed E-state index contributed by atoms with van der Waals surface area (Å²) in [6.07, 6.45) is 0. The van der Waals surface area contributed by atoms with Crippen LogP contribution in [0.3, 0.4) is 0 Å². The SMILES string of the molecule is O=S(=O)(c1ccc(F)cc1Cl)N1CCOc2c(N3CCNCC3)cc(Cl)cc21. The Morgan fingerprint density at radius 3 is 2.46 bits per heavy atom. The molecule has 0 radical (unpaired) electrons. The second-order valence-electron chi connectivity index (χ2n) is 6.51. The largest absolute Gasteiger partial charge is 0.487 e. The predicted octanol–water partition coefficient (Wildman–Crippen LogP) is 3.13. The number of benzene rings is 2. The maximum atomic E-state index is 13.4. The van der Waals surface area contributed by atoms with E-state index in [9.17, 15) is 12.8 Å². The van der Waals surface area contributed by atoms with Crippen molar-refractivity contribution in [3.63, 3.8) is 0 Å². The molecule has 0 aromatic heterocycles. The molecule has 2 aromatic carbocycles. The Morgan fingerprint density at radius 2 is 1.75 bits per heavy atom. The van der Waals surface area contributed by atoms with E-state index in [2.05, 4.69) is 10.2 Å². The summed E-state index contributed by atoms with van der Waals surface area (Å²) in [5, 5.41) is 3.51. The number of nitrogens with zero attached hydrogens (tertiary/aromatic N) is 2. The van der Waals surface area contributed by atoms with E-state index in [4.69, 9.17) is 27.9 Å². The van der Waals surface area contributed by atoms with Crippen LogP contribution in [0.5, 0.6) is 5.75 Å². The second kappa shape index (κ2) is 7.59. The molecule has 150 valence electrons. The van der Waals surface area contributed by atoms with E-state index in [1.165, 1.54) is 10.4 Å². The molecule has 0 amide bonds. The summed E-state index contributed by atoms with van der Waals surface area (Å²) < 4.78 is 47.0. The number of halogens is 3. The standard InChI is InChI=1S/C18H18Cl2FN3O3S/c19-12-9-15(23-5-3-22-4-6-23)18-16(10-12)24(7-8-27-18)28(25,26)17-2-1-13(21)11-14(17)20/h1-2,9-11,22H,3-8H2. The van der Waals surface area contributed by atoms with Crippen molar-refractivity contribution in [1.82, 2.24) is 5.32 Å². The van der Waals surface area contributed by atoms with Gasteiger partial charge in [-0.05, 0) is 30.3 Å². The van der Waals surface area contributed by atoms with E-state index in [0.717, 1.165) is 44.0 Å². The highest BCUT2D eigenvalue weighted by atomic mass is 35.5. The molecule has 0 aliphatic carbocycles. The van der Waals surface area contributed by atoms with Crippen molar-refractivity contribution in [1.29, 1.82) is 0 Å². The normalized spacial score (nSPS) is 17.2. The van der Waals surface area contributed by atoms with Crippen LogP contribution in [0.1, 0.15) is 0 Å². The van der Waals surface area contributed by atoms with Gasteiger partial charge in [-0.3, -0.25) is 4.31 Å². The summed E-state index contributed by atoms with van der Waals surface area (Å²) in [6, 6.07) is 6.58. The molecule has 28 heavy (non-hydrogen) atoms. The van der Waals surface area contributed by atoms with Gasteiger partial charge in [-0.25, -0.2) is 12.8 Å². The number of sulfonamides is 1. The molecule has 6 nitrogen and oxygen atoms in total. The van der Waals surface area contributed by atoms with Crippen molar-refractivity contribution in [2.45, 2.75) is 4.90 Å². The van der Waals surface area contributed by atoms with E-state index >= 15 is 0 Å². The Balaban J connectivity index is 1.81. The van der Waals surface area contributed by atoms with E-state index in [1.807, 2.05) is 0 Å². The molecular formula is C18H18Cl2FN3O3S. The number of hydrogen-bond donors (Lipinski definition) is 1. The van der Waals surface area contributed by atoms with Gasteiger partial charge in [-0.15, -0.1) is 0 Å². The Labute approximate surface area is 172 Å². The lowest BCUT2D eigenvalue weighted by atomic mass is 10.2. The van der Waals surface area contributed by atoms with Gasteiger partial charge in [0.15, 0.2) is 5.75 Å². The molecule has 2 aliphatic rings. The maximum absolute atomic E-state index is 13.4. The molecule has 0 saturated carbocycles. The fraction of sp³-hybridized carbons (Fsp3) is 0.333. The van der Waals surface area contributed by atoms with Crippen LogP contribution in [0.4, 0.5) is 15.8 Å². The molecule has 10 heteroatoms. The Morgan fingerprint density at radius 1 is 1.04 bits per heavy atom. The zero-order valence-corrected chi connectivity index (χ0v) is 17.1. The number of piperazine rings is 1. The Bertz CT molecular complexity index is 1010. The predicted molar refractivity (Wildman–Crippen MR) is 108 cm³/mol. The van der Waals surface area contributed by atoms with Crippen molar-refractivity contribution >= 4 is 44.6 Å². The average molecular weight is 446 g/mol. The third-order valence-corrected chi connectivity index (χ3v) is 7.26. The minimum absolute atomic E-state index is 0.102. The van der Waals surface area contributed by atoms with Crippen LogP contribution in [0.2, 0.25) is 10.0 Å². The van der Waals surface area contributed by atoms with Gasteiger partial charge in [0, 0.05) is 31.2 Å². The smallest absolute Gasteiger partial charge is 0.266 e. The van der Waals surface area contributed by atoms with Crippen molar-refractivity contribution < 1.29 is 17.5 Å². The molecule has 1 N–H and O–H groups in total. The molecule has 0 spiro atoms. The van der Waals surface area contributed by atoms with Gasteiger partial charge in [0.25, 0.3) is 10.0 Å². The number of rotatable bonds is 3. The third kappa shape index (κ3) is 3.50. The lowest BCUT2D eigenvalue weighted by Crippen LogP contribution is -2.44. The van der Waals surface area contributed by atoms with E-state index in [0.29, 0.717) is 16.5 Å². The zero-order chi connectivity index (χ0) is 19.9. The number of anilines is 2. The van der Waals surface area contributed by atoms with Crippen molar-refractivity contribution in [3.05, 3.63) is 46.2 Å². The third-order valence-electron chi connectivity index (χ3n) is 4.74. The molecule has 2 aliphatic heterocycles. The van der Waals surface area contributed by atoms with Crippen molar-refractivity contribution in [2.24, 2.45) is 0 Å². The number of fused-ring (bicyclic) bond motifs is 1. The molecule has 0 unspecified atom stereocenters. The summed E-state index contributed by atoms with van der Waals surface area (Å²) in [5.74, 6) is -0.130. The topological polar surface area (TPSA) is 61.9 Å². The summed E-state index contributed by atoms with van der Waals surface area (Å²) >= 11 is 12.3. The monoisotopic (exact) mass is 445 g/mol. The molecule has 4 rings (SSSR count). The highest BCUT2D eigenvalue weighted by Crippen LogP contribution is 2.45. The van der Waals surface area contributed by atoms with Gasteiger partial charge < -0.3 is 15.0 Å². The first-order chi connectivity index (χ1) is 13.4. The maximum Gasteiger partial charge on any atom is 0.266 e. The molecule has 1 saturated heterocycles. The quantitative estimate of drug-likeness (QED) is 0.785. The average Bonchev–Trinajstić information content (AvgIpc) is 2.67. The zero-order valence-electron chi connectivity index (χ0n) is 14.8. The van der Waals surface area contributed by atoms with Crippen LogP contribution in [0, 0.1) is 5.82 Å². The number of hydrogen-bond acceptors (Lipinski definition) is 5. The lowest BCUT2D eigenvalue weighted by Gasteiger charge is -2.36. The molecule has 0 bridgehead atoms. The molecule has 1 fully saturated rings. The van der Waals surface area contributed by atoms with Crippen LogP contribution in [0.25, 0.3) is 0 Å². The van der Waals surface area contributed by atoms with Crippen molar-refractivity contribution in [3.8, 4) is 5.75 Å². The Kier molecular flexibility index (Phi) is 5.30. The van der Waals surface area contributed by atoms with Gasteiger partial charge in [0.1, 0.15) is 17.3 Å². The first kappa shape index (κ1) is 19.6. The highest BCUT2D eigenvalue weighted by molar-refractivity contribution is 7.93. The molecular weight excluding hydrogens is 428 g/mol. The summed E-state index contributed by atoms with van der Waals surface area (Å²) in [6.45, 7) is 3.43. The lowest BCUT2D eigenvalue weighted by molar-refractivity contribution is 0.315. The van der Waals surface area contributed by atoms with Gasteiger partial charge >= 0.3 is 0 Å².